The first-order valence-electron chi connectivity index (χ1n) is 11.8. The fraction of sp³-hybridized carbons (Fsp3) is 0.640. The second-order valence-corrected chi connectivity index (χ2v) is 10.2. The van der Waals surface area contributed by atoms with Crippen LogP contribution in [0.1, 0.15) is 48.9 Å². The summed E-state index contributed by atoms with van der Waals surface area (Å²) in [5.41, 5.74) is 0.403. The Morgan fingerprint density at radius 3 is 2.12 bits per heavy atom. The first kappa shape index (κ1) is 21.3. The van der Waals surface area contributed by atoms with Crippen molar-refractivity contribution in [2.45, 2.75) is 38.5 Å². The summed E-state index contributed by atoms with van der Waals surface area (Å²) in [4.78, 5) is 41.7. The Morgan fingerprint density at radius 2 is 1.53 bits per heavy atom. The van der Waals surface area contributed by atoms with Gasteiger partial charge in [0.25, 0.3) is 5.91 Å². The monoisotopic (exact) mass is 440 g/mol. The Balaban J connectivity index is 1.18. The van der Waals surface area contributed by atoms with Crippen LogP contribution in [0.15, 0.2) is 24.3 Å². The SMILES string of the molecule is COC(=O)COc1cccc(C(=O)N2CCN(C(=O)C34CC5CC(CC(C5)C3)C4)CC2)c1. The molecule has 5 fully saturated rings. The van der Waals surface area contributed by atoms with Crippen LogP contribution in [0.25, 0.3) is 0 Å². The van der Waals surface area contributed by atoms with Gasteiger partial charge in [0, 0.05) is 31.7 Å². The Morgan fingerprint density at radius 1 is 0.938 bits per heavy atom. The molecule has 1 heterocycles. The summed E-state index contributed by atoms with van der Waals surface area (Å²) < 4.78 is 9.98. The predicted octanol–water partition coefficient (Wildman–Crippen LogP) is 2.74. The maximum Gasteiger partial charge on any atom is 0.343 e. The molecule has 1 saturated heterocycles. The molecule has 6 rings (SSSR count). The first-order valence-corrected chi connectivity index (χ1v) is 11.8. The zero-order valence-corrected chi connectivity index (χ0v) is 18.8. The van der Waals surface area contributed by atoms with Crippen LogP contribution >= 0.6 is 0 Å². The van der Waals surface area contributed by atoms with E-state index in [0.717, 1.165) is 37.0 Å². The van der Waals surface area contributed by atoms with Gasteiger partial charge in [-0.1, -0.05) is 6.07 Å². The van der Waals surface area contributed by atoms with E-state index in [1.807, 2.05) is 9.80 Å². The van der Waals surface area contributed by atoms with Crippen molar-refractivity contribution in [2.75, 3.05) is 39.9 Å². The van der Waals surface area contributed by atoms with Gasteiger partial charge in [-0.25, -0.2) is 4.79 Å². The minimum absolute atomic E-state index is 0.0737. The van der Waals surface area contributed by atoms with Crippen LogP contribution in [0.2, 0.25) is 0 Å². The van der Waals surface area contributed by atoms with Crippen molar-refractivity contribution in [3.63, 3.8) is 0 Å². The van der Waals surface area contributed by atoms with E-state index in [1.54, 1.807) is 24.3 Å². The number of esters is 1. The molecule has 1 aliphatic heterocycles. The maximum atomic E-state index is 13.6. The maximum absolute atomic E-state index is 13.6. The van der Waals surface area contributed by atoms with Crippen molar-refractivity contribution in [1.82, 2.24) is 9.80 Å². The van der Waals surface area contributed by atoms with Gasteiger partial charge in [-0.05, 0) is 74.5 Å². The smallest absolute Gasteiger partial charge is 0.343 e. The number of amides is 2. The molecular formula is C25H32N2O5. The minimum atomic E-state index is -0.471. The molecule has 7 nitrogen and oxygen atoms in total. The molecule has 4 aliphatic carbocycles. The van der Waals surface area contributed by atoms with Crippen LogP contribution in [0, 0.1) is 23.2 Å². The lowest BCUT2D eigenvalue weighted by molar-refractivity contribution is -0.159. The average molecular weight is 441 g/mol. The van der Waals surface area contributed by atoms with Crippen molar-refractivity contribution >= 4 is 17.8 Å². The van der Waals surface area contributed by atoms with Gasteiger partial charge >= 0.3 is 5.97 Å². The Bertz CT molecular complexity index is 870. The number of hydrogen-bond donors (Lipinski definition) is 0. The van der Waals surface area contributed by atoms with Gasteiger partial charge in [0.05, 0.1) is 12.5 Å². The molecule has 0 N–H and O–H groups in total. The van der Waals surface area contributed by atoms with Crippen LogP contribution in [0.5, 0.6) is 5.75 Å². The van der Waals surface area contributed by atoms with Gasteiger partial charge in [0.15, 0.2) is 6.61 Å². The molecule has 1 aromatic carbocycles. The normalized spacial score (nSPS) is 30.8. The number of piperazine rings is 1. The third kappa shape index (κ3) is 3.97. The van der Waals surface area contributed by atoms with Gasteiger partial charge in [0.2, 0.25) is 5.91 Å². The molecule has 0 atom stereocenters. The summed E-state index contributed by atoms with van der Waals surface area (Å²) in [6.45, 7) is 2.10. The molecule has 172 valence electrons. The van der Waals surface area contributed by atoms with E-state index >= 15 is 0 Å². The minimum Gasteiger partial charge on any atom is -0.482 e. The van der Waals surface area contributed by atoms with Crippen molar-refractivity contribution in [1.29, 1.82) is 0 Å². The second kappa shape index (κ2) is 8.41. The van der Waals surface area contributed by atoms with E-state index in [2.05, 4.69) is 4.74 Å². The topological polar surface area (TPSA) is 76.2 Å². The first-order chi connectivity index (χ1) is 15.5. The molecule has 1 aromatic rings. The van der Waals surface area contributed by atoms with E-state index in [1.165, 1.54) is 26.4 Å². The highest BCUT2D eigenvalue weighted by molar-refractivity contribution is 5.95. The van der Waals surface area contributed by atoms with Crippen LogP contribution in [-0.2, 0) is 14.3 Å². The summed E-state index contributed by atoms with van der Waals surface area (Å²) >= 11 is 0. The predicted molar refractivity (Wildman–Crippen MR) is 117 cm³/mol. The van der Waals surface area contributed by atoms with E-state index in [4.69, 9.17) is 4.74 Å². The summed E-state index contributed by atoms with van der Waals surface area (Å²) in [5.74, 6) is 2.51. The largest absolute Gasteiger partial charge is 0.482 e. The van der Waals surface area contributed by atoms with E-state index < -0.39 is 5.97 Å². The summed E-state index contributed by atoms with van der Waals surface area (Å²) in [7, 11) is 1.30. The third-order valence-electron chi connectivity index (χ3n) is 8.01. The van der Waals surface area contributed by atoms with Crippen LogP contribution in [0.4, 0.5) is 0 Å². The standard InChI is InChI=1S/C25H32N2O5/c1-31-22(28)16-32-21-4-2-3-20(12-21)23(29)26-5-7-27(8-6-26)24(30)25-13-17-9-18(14-25)11-19(10-17)15-25/h2-4,12,17-19H,5-11,13-16H2,1H3. The van der Waals surface area contributed by atoms with E-state index in [0.29, 0.717) is 43.4 Å². The highest BCUT2D eigenvalue weighted by Crippen LogP contribution is 2.60. The molecule has 2 amide bonds. The Kier molecular flexibility index (Phi) is 5.59. The van der Waals surface area contributed by atoms with Crippen LogP contribution in [0.3, 0.4) is 0 Å². The quantitative estimate of drug-likeness (QED) is 0.658. The van der Waals surface area contributed by atoms with E-state index in [-0.39, 0.29) is 17.9 Å². The molecule has 7 heteroatoms. The summed E-state index contributed by atoms with van der Waals surface area (Å²) in [5, 5.41) is 0. The van der Waals surface area contributed by atoms with Gasteiger partial charge in [0.1, 0.15) is 5.75 Å². The van der Waals surface area contributed by atoms with Crippen LogP contribution in [-0.4, -0.2) is 67.5 Å². The number of ether oxygens (including phenoxy) is 2. The highest BCUT2D eigenvalue weighted by Gasteiger charge is 2.55. The second-order valence-electron chi connectivity index (χ2n) is 10.2. The number of methoxy groups -OCH3 is 1. The molecule has 0 unspecified atom stereocenters. The molecule has 0 spiro atoms. The fourth-order valence-corrected chi connectivity index (χ4v) is 6.92. The molecular weight excluding hydrogens is 408 g/mol. The van der Waals surface area contributed by atoms with Crippen molar-refractivity contribution < 1.29 is 23.9 Å². The highest BCUT2D eigenvalue weighted by atomic mass is 16.6. The van der Waals surface area contributed by atoms with E-state index in [9.17, 15) is 14.4 Å². The molecule has 5 aliphatic rings. The lowest BCUT2D eigenvalue weighted by atomic mass is 9.49. The summed E-state index contributed by atoms with van der Waals surface area (Å²) in [6, 6.07) is 6.85. The fourth-order valence-electron chi connectivity index (χ4n) is 6.92. The van der Waals surface area contributed by atoms with Crippen LogP contribution < -0.4 is 4.74 Å². The van der Waals surface area contributed by atoms with Crippen molar-refractivity contribution in [2.24, 2.45) is 23.2 Å². The van der Waals surface area contributed by atoms with Crippen molar-refractivity contribution in [3.8, 4) is 5.75 Å². The number of rotatable bonds is 5. The lowest BCUT2D eigenvalue weighted by Gasteiger charge is -2.57. The number of nitrogens with zero attached hydrogens (tertiary/aromatic N) is 2. The number of benzene rings is 1. The Labute approximate surface area is 189 Å². The third-order valence-corrected chi connectivity index (χ3v) is 8.01. The summed E-state index contributed by atoms with van der Waals surface area (Å²) in [6.07, 6.45) is 7.23. The van der Waals surface area contributed by atoms with Gasteiger partial charge in [-0.15, -0.1) is 0 Å². The molecule has 4 saturated carbocycles. The number of carbonyl (C=O) groups excluding carboxylic acids is 3. The molecule has 4 bridgehead atoms. The molecule has 32 heavy (non-hydrogen) atoms. The number of carbonyl (C=O) groups is 3. The number of hydrogen-bond acceptors (Lipinski definition) is 5. The Hall–Kier alpha value is -2.57. The van der Waals surface area contributed by atoms with Gasteiger partial charge in [-0.2, -0.15) is 0 Å². The average Bonchev–Trinajstić information content (AvgIpc) is 2.81. The lowest BCUT2D eigenvalue weighted by Crippen LogP contribution is -2.58. The molecule has 0 aromatic heterocycles. The van der Waals surface area contributed by atoms with Gasteiger partial charge < -0.3 is 19.3 Å². The zero-order chi connectivity index (χ0) is 22.3. The van der Waals surface area contributed by atoms with Gasteiger partial charge in [-0.3, -0.25) is 9.59 Å². The zero-order valence-electron chi connectivity index (χ0n) is 18.8. The van der Waals surface area contributed by atoms with Crippen molar-refractivity contribution in [3.05, 3.63) is 29.8 Å². The molecule has 0 radical (unpaired) electrons.